The maximum Gasteiger partial charge on any atom is 0.334 e. The summed E-state index contributed by atoms with van der Waals surface area (Å²) < 4.78 is 5.33. The molecule has 0 bridgehead atoms. The van der Waals surface area contributed by atoms with Crippen molar-refractivity contribution in [2.24, 2.45) is 0 Å². The number of ether oxygens (including phenoxy) is 1. The van der Waals surface area contributed by atoms with Crippen LogP contribution in [0.5, 0.6) is 5.75 Å². The molecule has 9 nitrogen and oxygen atoms in total. The van der Waals surface area contributed by atoms with E-state index in [1.807, 2.05) is 0 Å². The average molecular weight is 431 g/mol. The van der Waals surface area contributed by atoms with Gasteiger partial charge in [-0.25, -0.2) is 9.78 Å². The summed E-state index contributed by atoms with van der Waals surface area (Å²) in [6, 6.07) is 4.32. The smallest absolute Gasteiger partial charge is 0.334 e. The standard InChI is InChI=1S/C22H30N4O5/c1-2-3-4-5-6-7-8-9-21(27)25-20(14-17-15-23-16-24-17)22(28)31-19-12-10-18(11-13-19)26(29)30/h10-13,15-16,20H,2-9,14H2,1H3,(H,23,24)(H,25,27). The fraction of sp³-hybridized carbons (Fsp3) is 0.500. The molecular formula is C22H30N4O5. The van der Waals surface area contributed by atoms with Crippen LogP contribution >= 0.6 is 0 Å². The number of amides is 1. The molecule has 31 heavy (non-hydrogen) atoms. The number of nitro benzene ring substituents is 1. The Kier molecular flexibility index (Phi) is 10.2. The van der Waals surface area contributed by atoms with Crippen molar-refractivity contribution in [1.29, 1.82) is 0 Å². The molecule has 0 fully saturated rings. The second-order valence-corrected chi connectivity index (χ2v) is 7.44. The number of carbonyl (C=O) groups is 2. The van der Waals surface area contributed by atoms with E-state index < -0.39 is 16.9 Å². The summed E-state index contributed by atoms with van der Waals surface area (Å²) in [5.41, 5.74) is 0.582. The third kappa shape index (κ3) is 8.98. The van der Waals surface area contributed by atoms with E-state index in [-0.39, 0.29) is 23.8 Å². The number of hydrogen-bond acceptors (Lipinski definition) is 6. The van der Waals surface area contributed by atoms with Crippen molar-refractivity contribution in [3.63, 3.8) is 0 Å². The number of rotatable bonds is 14. The summed E-state index contributed by atoms with van der Waals surface area (Å²) in [5, 5.41) is 13.5. The molecule has 2 N–H and O–H groups in total. The van der Waals surface area contributed by atoms with Gasteiger partial charge in [-0.15, -0.1) is 0 Å². The van der Waals surface area contributed by atoms with Gasteiger partial charge in [-0.1, -0.05) is 45.4 Å². The topological polar surface area (TPSA) is 127 Å². The number of imidazole rings is 1. The lowest BCUT2D eigenvalue weighted by molar-refractivity contribution is -0.384. The Morgan fingerprint density at radius 1 is 1.13 bits per heavy atom. The predicted octanol–water partition coefficient (Wildman–Crippen LogP) is 4.09. The fourth-order valence-corrected chi connectivity index (χ4v) is 3.14. The molecule has 2 rings (SSSR count). The first-order valence-corrected chi connectivity index (χ1v) is 10.7. The van der Waals surface area contributed by atoms with E-state index in [9.17, 15) is 19.7 Å². The summed E-state index contributed by atoms with van der Waals surface area (Å²) >= 11 is 0. The largest absolute Gasteiger partial charge is 0.425 e. The number of nitrogens with one attached hydrogen (secondary N) is 2. The van der Waals surface area contributed by atoms with Gasteiger partial charge in [-0.3, -0.25) is 14.9 Å². The van der Waals surface area contributed by atoms with Crippen LogP contribution in [0.25, 0.3) is 0 Å². The maximum atomic E-state index is 12.7. The molecule has 1 amide bonds. The van der Waals surface area contributed by atoms with Crippen molar-refractivity contribution in [3.05, 3.63) is 52.6 Å². The summed E-state index contributed by atoms with van der Waals surface area (Å²) in [7, 11) is 0. The second kappa shape index (κ2) is 13.1. The Bertz CT molecular complexity index is 821. The highest BCUT2D eigenvalue weighted by Crippen LogP contribution is 2.18. The van der Waals surface area contributed by atoms with Gasteiger partial charge in [0.2, 0.25) is 5.91 Å². The molecule has 0 radical (unpaired) electrons. The van der Waals surface area contributed by atoms with Crippen LogP contribution in [0.4, 0.5) is 5.69 Å². The van der Waals surface area contributed by atoms with Crippen molar-refractivity contribution < 1.29 is 19.2 Å². The summed E-state index contributed by atoms with van der Waals surface area (Å²) in [6.07, 6.45) is 11.3. The third-order valence-electron chi connectivity index (χ3n) is 4.87. The number of benzene rings is 1. The third-order valence-corrected chi connectivity index (χ3v) is 4.87. The van der Waals surface area contributed by atoms with Gasteiger partial charge in [-0.2, -0.15) is 0 Å². The first-order chi connectivity index (χ1) is 15.0. The number of carbonyl (C=O) groups excluding carboxylic acids is 2. The lowest BCUT2D eigenvalue weighted by Gasteiger charge is -2.17. The van der Waals surface area contributed by atoms with E-state index in [2.05, 4.69) is 22.2 Å². The number of unbranched alkanes of at least 4 members (excludes halogenated alkanes) is 6. The molecule has 168 valence electrons. The minimum Gasteiger partial charge on any atom is -0.425 e. The van der Waals surface area contributed by atoms with E-state index in [0.29, 0.717) is 12.1 Å². The van der Waals surface area contributed by atoms with E-state index in [0.717, 1.165) is 19.3 Å². The number of nitrogens with zero attached hydrogens (tertiary/aromatic N) is 2. The van der Waals surface area contributed by atoms with Crippen molar-refractivity contribution in [2.75, 3.05) is 0 Å². The zero-order valence-electron chi connectivity index (χ0n) is 17.8. The fourth-order valence-electron chi connectivity index (χ4n) is 3.14. The molecule has 1 aromatic carbocycles. The number of esters is 1. The van der Waals surface area contributed by atoms with Gasteiger partial charge < -0.3 is 15.0 Å². The number of aromatic amines is 1. The average Bonchev–Trinajstić information content (AvgIpc) is 3.26. The quantitative estimate of drug-likeness (QED) is 0.153. The van der Waals surface area contributed by atoms with E-state index in [4.69, 9.17) is 4.74 Å². The van der Waals surface area contributed by atoms with Gasteiger partial charge in [0, 0.05) is 36.9 Å². The molecule has 1 unspecified atom stereocenters. The van der Waals surface area contributed by atoms with Crippen LogP contribution in [0.3, 0.4) is 0 Å². The molecule has 9 heteroatoms. The van der Waals surface area contributed by atoms with Gasteiger partial charge in [0.25, 0.3) is 5.69 Å². The predicted molar refractivity (Wildman–Crippen MR) is 116 cm³/mol. The van der Waals surface area contributed by atoms with Crippen molar-refractivity contribution >= 4 is 17.6 Å². The zero-order chi connectivity index (χ0) is 22.5. The minimum atomic E-state index is -0.896. The summed E-state index contributed by atoms with van der Waals surface area (Å²) in [4.78, 5) is 42.1. The van der Waals surface area contributed by atoms with Gasteiger partial charge in [0.1, 0.15) is 11.8 Å². The molecule has 1 heterocycles. The van der Waals surface area contributed by atoms with Gasteiger partial charge in [0.05, 0.1) is 11.3 Å². The maximum absolute atomic E-state index is 12.7. The first kappa shape index (κ1) is 24.0. The SMILES string of the molecule is CCCCCCCCCC(=O)NC(Cc1cnc[nH]1)C(=O)Oc1ccc([N+](=O)[O-])cc1. The van der Waals surface area contributed by atoms with Gasteiger partial charge in [0.15, 0.2) is 0 Å². The Morgan fingerprint density at radius 2 is 1.81 bits per heavy atom. The number of H-pyrrole nitrogens is 1. The zero-order valence-corrected chi connectivity index (χ0v) is 17.8. The molecule has 0 aliphatic rings. The van der Waals surface area contributed by atoms with Gasteiger partial charge >= 0.3 is 5.97 Å². The Labute approximate surface area is 181 Å². The molecule has 0 saturated heterocycles. The number of hydrogen-bond donors (Lipinski definition) is 2. The van der Waals surface area contributed by atoms with Crippen molar-refractivity contribution in [1.82, 2.24) is 15.3 Å². The Hall–Kier alpha value is -3.23. The highest BCUT2D eigenvalue weighted by Gasteiger charge is 2.24. The van der Waals surface area contributed by atoms with E-state index in [1.165, 1.54) is 56.3 Å². The Morgan fingerprint density at radius 3 is 2.42 bits per heavy atom. The monoisotopic (exact) mass is 430 g/mol. The molecule has 0 aliphatic carbocycles. The first-order valence-electron chi connectivity index (χ1n) is 10.7. The highest BCUT2D eigenvalue weighted by atomic mass is 16.6. The second-order valence-electron chi connectivity index (χ2n) is 7.44. The van der Waals surface area contributed by atoms with Gasteiger partial charge in [-0.05, 0) is 18.6 Å². The number of non-ortho nitro benzene ring substituents is 1. The van der Waals surface area contributed by atoms with Crippen LogP contribution in [0.2, 0.25) is 0 Å². The van der Waals surface area contributed by atoms with Crippen molar-refractivity contribution in [2.45, 2.75) is 70.8 Å². The van der Waals surface area contributed by atoms with Crippen LogP contribution in [-0.4, -0.2) is 32.8 Å². The molecule has 1 atom stereocenters. The lowest BCUT2D eigenvalue weighted by atomic mass is 10.1. The van der Waals surface area contributed by atoms with Crippen LogP contribution in [0.15, 0.2) is 36.8 Å². The van der Waals surface area contributed by atoms with Crippen LogP contribution in [-0.2, 0) is 16.0 Å². The van der Waals surface area contributed by atoms with Crippen LogP contribution < -0.4 is 10.1 Å². The molecule has 0 saturated carbocycles. The number of aromatic nitrogens is 2. The lowest BCUT2D eigenvalue weighted by Crippen LogP contribution is -2.44. The molecule has 0 spiro atoms. The molecule has 0 aliphatic heterocycles. The summed E-state index contributed by atoms with van der Waals surface area (Å²) in [6.45, 7) is 2.18. The minimum absolute atomic E-state index is 0.100. The van der Waals surface area contributed by atoms with E-state index >= 15 is 0 Å². The van der Waals surface area contributed by atoms with E-state index in [1.54, 1.807) is 6.20 Å². The Balaban J connectivity index is 1.88. The molecule has 1 aromatic heterocycles. The number of nitro groups is 1. The van der Waals surface area contributed by atoms with Crippen LogP contribution in [0.1, 0.15) is 64.0 Å². The molecular weight excluding hydrogens is 400 g/mol. The van der Waals surface area contributed by atoms with Crippen molar-refractivity contribution in [3.8, 4) is 5.75 Å². The molecule has 2 aromatic rings. The normalized spacial score (nSPS) is 11.6. The highest BCUT2D eigenvalue weighted by molar-refractivity contribution is 5.85. The van der Waals surface area contributed by atoms with Crippen LogP contribution in [0, 0.1) is 10.1 Å². The summed E-state index contributed by atoms with van der Waals surface area (Å²) in [5.74, 6) is -0.679.